The number of rotatable bonds is 1. The summed E-state index contributed by atoms with van der Waals surface area (Å²) >= 11 is 1.76. The molecule has 106 valence electrons. The summed E-state index contributed by atoms with van der Waals surface area (Å²) in [5.74, 6) is 0.167. The lowest BCUT2D eigenvalue weighted by Gasteiger charge is -2.33. The average molecular weight is 289 g/mol. The quantitative estimate of drug-likeness (QED) is 0.809. The number of thiazole rings is 1. The van der Waals surface area contributed by atoms with Crippen LogP contribution in [-0.2, 0) is 4.79 Å². The van der Waals surface area contributed by atoms with Gasteiger partial charge in [0.1, 0.15) is 0 Å². The standard InChI is InChI=1S/C15H19N3OS/c1-10-8-11(2)14-13(9-10)16-15(20-14)18-6-4-17(5-7-18)12(3)19/h8-9H,4-7H2,1-3H3. The summed E-state index contributed by atoms with van der Waals surface area (Å²) in [5, 5.41) is 1.08. The Hall–Kier alpha value is -1.62. The van der Waals surface area contributed by atoms with E-state index < -0.39 is 0 Å². The Morgan fingerprint density at radius 1 is 1.20 bits per heavy atom. The SMILES string of the molecule is CC(=O)N1CCN(c2nc3cc(C)cc(C)c3s2)CC1. The van der Waals surface area contributed by atoms with Crippen molar-refractivity contribution >= 4 is 32.6 Å². The Balaban J connectivity index is 1.85. The zero-order valence-electron chi connectivity index (χ0n) is 12.1. The van der Waals surface area contributed by atoms with Crippen LogP contribution in [0.1, 0.15) is 18.1 Å². The third kappa shape index (κ3) is 2.38. The molecule has 1 aliphatic heterocycles. The summed E-state index contributed by atoms with van der Waals surface area (Å²) in [6, 6.07) is 4.35. The fraction of sp³-hybridized carbons (Fsp3) is 0.467. The number of anilines is 1. The van der Waals surface area contributed by atoms with E-state index in [1.807, 2.05) is 4.90 Å². The number of hydrogen-bond acceptors (Lipinski definition) is 4. The number of carbonyl (C=O) groups is 1. The summed E-state index contributed by atoms with van der Waals surface area (Å²) in [4.78, 5) is 20.3. The van der Waals surface area contributed by atoms with E-state index in [4.69, 9.17) is 4.98 Å². The van der Waals surface area contributed by atoms with E-state index in [0.29, 0.717) is 0 Å². The largest absolute Gasteiger partial charge is 0.345 e. The summed E-state index contributed by atoms with van der Waals surface area (Å²) in [6.07, 6.45) is 0. The van der Waals surface area contributed by atoms with Crippen LogP contribution in [0.3, 0.4) is 0 Å². The normalized spacial score (nSPS) is 15.9. The van der Waals surface area contributed by atoms with Gasteiger partial charge in [0.05, 0.1) is 10.2 Å². The van der Waals surface area contributed by atoms with Gasteiger partial charge in [0.25, 0.3) is 0 Å². The van der Waals surface area contributed by atoms with Crippen molar-refractivity contribution in [2.45, 2.75) is 20.8 Å². The molecule has 0 unspecified atom stereocenters. The molecule has 2 aromatic rings. The molecule has 1 saturated heterocycles. The molecule has 20 heavy (non-hydrogen) atoms. The van der Waals surface area contributed by atoms with Gasteiger partial charge in [-0.1, -0.05) is 17.4 Å². The van der Waals surface area contributed by atoms with Crippen molar-refractivity contribution in [2.24, 2.45) is 0 Å². The zero-order valence-corrected chi connectivity index (χ0v) is 13.0. The molecular weight excluding hydrogens is 270 g/mol. The minimum absolute atomic E-state index is 0.167. The topological polar surface area (TPSA) is 36.4 Å². The van der Waals surface area contributed by atoms with E-state index >= 15 is 0 Å². The number of fused-ring (bicyclic) bond motifs is 1. The van der Waals surface area contributed by atoms with Crippen LogP contribution in [0.15, 0.2) is 12.1 Å². The van der Waals surface area contributed by atoms with Crippen molar-refractivity contribution in [3.05, 3.63) is 23.3 Å². The maximum absolute atomic E-state index is 11.4. The molecule has 0 N–H and O–H groups in total. The van der Waals surface area contributed by atoms with E-state index in [1.54, 1.807) is 18.3 Å². The Morgan fingerprint density at radius 2 is 1.90 bits per heavy atom. The lowest BCUT2D eigenvalue weighted by Crippen LogP contribution is -2.48. The maximum Gasteiger partial charge on any atom is 0.219 e. The molecule has 4 nitrogen and oxygen atoms in total. The molecule has 2 heterocycles. The van der Waals surface area contributed by atoms with Gasteiger partial charge in [0.2, 0.25) is 5.91 Å². The number of benzene rings is 1. The van der Waals surface area contributed by atoms with Crippen LogP contribution >= 0.6 is 11.3 Å². The van der Waals surface area contributed by atoms with Gasteiger partial charge in [0.15, 0.2) is 5.13 Å². The number of aryl methyl sites for hydroxylation is 2. The van der Waals surface area contributed by atoms with Gasteiger partial charge in [0, 0.05) is 33.1 Å². The molecule has 0 spiro atoms. The van der Waals surface area contributed by atoms with E-state index in [2.05, 4.69) is 30.9 Å². The molecule has 0 aliphatic carbocycles. The van der Waals surface area contributed by atoms with Gasteiger partial charge in [-0.25, -0.2) is 4.98 Å². The molecule has 0 bridgehead atoms. The fourth-order valence-corrected chi connectivity index (χ4v) is 3.78. The second-order valence-corrected chi connectivity index (χ2v) is 6.40. The first-order chi connectivity index (χ1) is 9.54. The highest BCUT2D eigenvalue weighted by atomic mass is 32.1. The zero-order chi connectivity index (χ0) is 14.3. The van der Waals surface area contributed by atoms with Gasteiger partial charge in [-0.2, -0.15) is 0 Å². The number of amides is 1. The van der Waals surface area contributed by atoms with Gasteiger partial charge >= 0.3 is 0 Å². The smallest absolute Gasteiger partial charge is 0.219 e. The van der Waals surface area contributed by atoms with Crippen LogP contribution in [0.25, 0.3) is 10.2 Å². The molecule has 0 saturated carbocycles. The van der Waals surface area contributed by atoms with Crippen molar-refractivity contribution in [3.63, 3.8) is 0 Å². The lowest BCUT2D eigenvalue weighted by atomic mass is 10.1. The van der Waals surface area contributed by atoms with Crippen molar-refractivity contribution in [2.75, 3.05) is 31.1 Å². The van der Waals surface area contributed by atoms with E-state index in [-0.39, 0.29) is 5.91 Å². The molecule has 5 heteroatoms. The molecule has 1 aromatic carbocycles. The third-order valence-corrected chi connectivity index (χ3v) is 5.07. The van der Waals surface area contributed by atoms with Crippen LogP contribution in [0.2, 0.25) is 0 Å². The molecule has 1 amide bonds. The van der Waals surface area contributed by atoms with Crippen LogP contribution < -0.4 is 4.90 Å². The first-order valence-corrected chi connectivity index (χ1v) is 7.74. The highest BCUT2D eigenvalue weighted by Gasteiger charge is 2.21. The van der Waals surface area contributed by atoms with Crippen LogP contribution in [0, 0.1) is 13.8 Å². The fourth-order valence-electron chi connectivity index (χ4n) is 2.71. The summed E-state index contributed by atoms with van der Waals surface area (Å²) in [7, 11) is 0. The van der Waals surface area contributed by atoms with E-state index in [0.717, 1.165) is 36.8 Å². The number of carbonyl (C=O) groups excluding carboxylic acids is 1. The third-order valence-electron chi connectivity index (χ3n) is 3.80. The van der Waals surface area contributed by atoms with Crippen molar-refractivity contribution in [3.8, 4) is 0 Å². The first kappa shape index (κ1) is 13.4. The summed E-state index contributed by atoms with van der Waals surface area (Å²) in [5.41, 5.74) is 3.65. The number of nitrogens with zero attached hydrogens (tertiary/aromatic N) is 3. The molecule has 1 aliphatic rings. The van der Waals surface area contributed by atoms with Crippen molar-refractivity contribution < 1.29 is 4.79 Å². The number of hydrogen-bond donors (Lipinski definition) is 0. The molecule has 0 atom stereocenters. The molecular formula is C15H19N3OS. The molecule has 1 aromatic heterocycles. The Kier molecular flexibility index (Phi) is 3.38. The average Bonchev–Trinajstić information content (AvgIpc) is 2.83. The Bertz CT molecular complexity index is 656. The van der Waals surface area contributed by atoms with Gasteiger partial charge < -0.3 is 9.80 Å². The van der Waals surface area contributed by atoms with Gasteiger partial charge in [-0.05, 0) is 31.0 Å². The number of aromatic nitrogens is 1. The molecule has 3 rings (SSSR count). The summed E-state index contributed by atoms with van der Waals surface area (Å²) < 4.78 is 1.28. The first-order valence-electron chi connectivity index (χ1n) is 6.93. The Morgan fingerprint density at radius 3 is 2.55 bits per heavy atom. The predicted molar refractivity (Wildman–Crippen MR) is 83.6 cm³/mol. The molecule has 1 fully saturated rings. The monoisotopic (exact) mass is 289 g/mol. The van der Waals surface area contributed by atoms with Crippen LogP contribution in [0.4, 0.5) is 5.13 Å². The second-order valence-electron chi connectivity index (χ2n) is 5.42. The summed E-state index contributed by atoms with van der Waals surface area (Å²) in [6.45, 7) is 9.23. The van der Waals surface area contributed by atoms with E-state index in [1.165, 1.54) is 15.8 Å². The minimum Gasteiger partial charge on any atom is -0.345 e. The predicted octanol–water partition coefficient (Wildman–Crippen LogP) is 2.58. The number of piperazine rings is 1. The van der Waals surface area contributed by atoms with Gasteiger partial charge in [-0.3, -0.25) is 4.79 Å². The highest BCUT2D eigenvalue weighted by Crippen LogP contribution is 2.32. The minimum atomic E-state index is 0.167. The second kappa shape index (κ2) is 5.05. The van der Waals surface area contributed by atoms with Gasteiger partial charge in [-0.15, -0.1) is 0 Å². The highest BCUT2D eigenvalue weighted by molar-refractivity contribution is 7.22. The van der Waals surface area contributed by atoms with Crippen molar-refractivity contribution in [1.82, 2.24) is 9.88 Å². The Labute approximate surface area is 123 Å². The lowest BCUT2D eigenvalue weighted by molar-refractivity contribution is -0.129. The van der Waals surface area contributed by atoms with E-state index in [9.17, 15) is 4.79 Å². The molecule has 0 radical (unpaired) electrons. The van der Waals surface area contributed by atoms with Crippen LogP contribution in [0.5, 0.6) is 0 Å². The van der Waals surface area contributed by atoms with Crippen LogP contribution in [-0.4, -0.2) is 42.0 Å². The van der Waals surface area contributed by atoms with Crippen molar-refractivity contribution in [1.29, 1.82) is 0 Å². The maximum atomic E-state index is 11.4.